The van der Waals surface area contributed by atoms with Crippen LogP contribution in [0.1, 0.15) is 21.5 Å². The minimum absolute atomic E-state index is 0.00913. The molecule has 0 unspecified atom stereocenters. The maximum atomic E-state index is 13.0. The first-order valence-corrected chi connectivity index (χ1v) is 11.3. The smallest absolute Gasteiger partial charge is 0.263 e. The Morgan fingerprint density at radius 1 is 0.833 bits per heavy atom. The molecule has 0 aliphatic carbocycles. The molecule has 9 heteroatoms. The third-order valence-electron chi connectivity index (χ3n) is 4.30. The Morgan fingerprint density at radius 3 is 2.27 bits per heavy atom. The molecule has 0 aliphatic heterocycles. The third kappa shape index (κ3) is 5.08. The monoisotopic (exact) mass is 482 g/mol. The second-order valence-electron chi connectivity index (χ2n) is 6.65. The molecule has 0 aromatic heterocycles. The van der Waals surface area contributed by atoms with Crippen molar-refractivity contribution in [3.8, 4) is 0 Å². The number of aryl methyl sites for hydroxylation is 2. The van der Waals surface area contributed by atoms with Gasteiger partial charge >= 0.3 is 0 Å². The van der Waals surface area contributed by atoms with Crippen LogP contribution in [-0.2, 0) is 10.0 Å². The van der Waals surface area contributed by atoms with Gasteiger partial charge in [-0.3, -0.25) is 9.52 Å². The van der Waals surface area contributed by atoms with Crippen LogP contribution < -0.4 is 10.0 Å². The van der Waals surface area contributed by atoms with Crippen LogP contribution in [0.2, 0.25) is 15.1 Å². The van der Waals surface area contributed by atoms with Gasteiger partial charge in [0.2, 0.25) is 0 Å². The average molecular weight is 484 g/mol. The molecule has 156 valence electrons. The number of hydrogen-bond donors (Lipinski definition) is 2. The molecule has 1 amide bonds. The van der Waals surface area contributed by atoms with E-state index in [-0.39, 0.29) is 15.5 Å². The van der Waals surface area contributed by atoms with Crippen molar-refractivity contribution in [3.63, 3.8) is 0 Å². The first kappa shape index (κ1) is 22.4. The molecular formula is C21H17Cl3N2O3S. The van der Waals surface area contributed by atoms with Crippen LogP contribution in [0.25, 0.3) is 0 Å². The van der Waals surface area contributed by atoms with E-state index in [1.807, 2.05) is 19.1 Å². The molecule has 3 aromatic rings. The summed E-state index contributed by atoms with van der Waals surface area (Å²) in [4.78, 5) is 12.4. The molecular weight excluding hydrogens is 467 g/mol. The normalized spacial score (nSPS) is 11.2. The van der Waals surface area contributed by atoms with Gasteiger partial charge in [0.1, 0.15) is 4.90 Å². The largest absolute Gasteiger partial charge is 0.321 e. The summed E-state index contributed by atoms with van der Waals surface area (Å²) < 4.78 is 28.4. The lowest BCUT2D eigenvalue weighted by Gasteiger charge is -2.14. The van der Waals surface area contributed by atoms with Crippen LogP contribution >= 0.6 is 34.8 Å². The summed E-state index contributed by atoms with van der Waals surface area (Å²) in [7, 11) is -4.04. The molecule has 3 rings (SSSR count). The van der Waals surface area contributed by atoms with E-state index < -0.39 is 15.9 Å². The molecule has 0 saturated carbocycles. The summed E-state index contributed by atoms with van der Waals surface area (Å²) in [6, 6.07) is 14.0. The van der Waals surface area contributed by atoms with E-state index in [0.29, 0.717) is 21.4 Å². The molecule has 0 atom stereocenters. The predicted molar refractivity (Wildman–Crippen MR) is 123 cm³/mol. The number of amides is 1. The predicted octanol–water partition coefficient (Wildman–Crippen LogP) is 6.32. The number of rotatable bonds is 5. The van der Waals surface area contributed by atoms with Crippen LogP contribution in [0.3, 0.4) is 0 Å². The zero-order chi connectivity index (χ0) is 22.1. The van der Waals surface area contributed by atoms with Crippen LogP contribution in [-0.4, -0.2) is 14.3 Å². The number of benzene rings is 3. The number of hydrogen-bond acceptors (Lipinski definition) is 3. The van der Waals surface area contributed by atoms with Crippen LogP contribution in [0.4, 0.5) is 11.4 Å². The Balaban J connectivity index is 1.93. The van der Waals surface area contributed by atoms with Gasteiger partial charge < -0.3 is 5.32 Å². The summed E-state index contributed by atoms with van der Waals surface area (Å²) in [5.74, 6) is -0.556. The summed E-state index contributed by atoms with van der Waals surface area (Å²) >= 11 is 18.2. The van der Waals surface area contributed by atoms with Crippen molar-refractivity contribution in [3.05, 3.63) is 86.4 Å². The van der Waals surface area contributed by atoms with Crippen molar-refractivity contribution in [2.75, 3.05) is 10.0 Å². The highest BCUT2D eigenvalue weighted by molar-refractivity contribution is 7.92. The molecule has 0 radical (unpaired) electrons. The van der Waals surface area contributed by atoms with E-state index in [4.69, 9.17) is 34.8 Å². The van der Waals surface area contributed by atoms with Crippen molar-refractivity contribution in [2.45, 2.75) is 18.7 Å². The van der Waals surface area contributed by atoms with Crippen LogP contribution in [0.15, 0.2) is 59.5 Å². The second kappa shape index (κ2) is 8.86. The van der Waals surface area contributed by atoms with Gasteiger partial charge in [-0.05, 0) is 67.4 Å². The highest BCUT2D eigenvalue weighted by Gasteiger charge is 2.21. The molecule has 5 nitrogen and oxygen atoms in total. The molecule has 0 spiro atoms. The van der Waals surface area contributed by atoms with E-state index in [2.05, 4.69) is 10.0 Å². The van der Waals surface area contributed by atoms with Crippen LogP contribution in [0.5, 0.6) is 0 Å². The maximum Gasteiger partial charge on any atom is 0.263 e. The summed E-state index contributed by atoms with van der Waals surface area (Å²) in [6.45, 7) is 3.65. The standard InChI is InChI=1S/C21H17Cl3N2O3S/c1-12-3-4-13(2)18(9-12)26-30(28,29)20-10-14(5-7-17(20)24)21(27)25-19-11-15(22)6-8-16(19)23/h3-11,26H,1-2H3,(H,25,27). The minimum atomic E-state index is -4.04. The highest BCUT2D eigenvalue weighted by Crippen LogP contribution is 2.29. The Kier molecular flexibility index (Phi) is 6.62. The average Bonchev–Trinajstić information content (AvgIpc) is 2.67. The number of carbonyl (C=O) groups excluding carboxylic acids is 1. The van der Waals surface area contributed by atoms with E-state index in [0.717, 1.165) is 11.1 Å². The maximum absolute atomic E-state index is 13.0. The first-order chi connectivity index (χ1) is 14.1. The zero-order valence-corrected chi connectivity index (χ0v) is 19.0. The molecule has 30 heavy (non-hydrogen) atoms. The molecule has 0 aliphatic rings. The quantitative estimate of drug-likeness (QED) is 0.446. The van der Waals surface area contributed by atoms with Gasteiger partial charge in [-0.15, -0.1) is 0 Å². The van der Waals surface area contributed by atoms with Crippen molar-refractivity contribution in [1.29, 1.82) is 0 Å². The summed E-state index contributed by atoms with van der Waals surface area (Å²) in [6.07, 6.45) is 0. The van der Waals surface area contributed by atoms with Gasteiger partial charge in [-0.25, -0.2) is 8.42 Å². The van der Waals surface area contributed by atoms with Gasteiger partial charge in [0.05, 0.1) is 21.4 Å². The molecule has 0 heterocycles. The minimum Gasteiger partial charge on any atom is -0.321 e. The fourth-order valence-electron chi connectivity index (χ4n) is 2.68. The molecule has 0 fully saturated rings. The summed E-state index contributed by atoms with van der Waals surface area (Å²) in [5, 5.41) is 3.30. The lowest BCUT2D eigenvalue weighted by atomic mass is 10.1. The van der Waals surface area contributed by atoms with Crippen molar-refractivity contribution < 1.29 is 13.2 Å². The molecule has 2 N–H and O–H groups in total. The highest BCUT2D eigenvalue weighted by atomic mass is 35.5. The fourth-order valence-corrected chi connectivity index (χ4v) is 4.67. The lowest BCUT2D eigenvalue weighted by molar-refractivity contribution is 0.102. The van der Waals surface area contributed by atoms with E-state index in [1.165, 1.54) is 24.3 Å². The number of anilines is 2. The van der Waals surface area contributed by atoms with Gasteiger partial charge in [0.25, 0.3) is 15.9 Å². The fraction of sp³-hybridized carbons (Fsp3) is 0.0952. The van der Waals surface area contributed by atoms with Crippen molar-refractivity contribution >= 4 is 62.1 Å². The molecule has 0 saturated heterocycles. The number of nitrogens with one attached hydrogen (secondary N) is 2. The zero-order valence-electron chi connectivity index (χ0n) is 16.0. The van der Waals surface area contributed by atoms with Crippen LogP contribution in [0, 0.1) is 13.8 Å². The van der Waals surface area contributed by atoms with Gasteiger partial charge in [0, 0.05) is 10.6 Å². The van der Waals surface area contributed by atoms with Gasteiger partial charge in [-0.1, -0.05) is 46.9 Å². The number of carbonyl (C=O) groups is 1. The van der Waals surface area contributed by atoms with Crippen molar-refractivity contribution in [2.24, 2.45) is 0 Å². The van der Waals surface area contributed by atoms with E-state index in [1.54, 1.807) is 25.1 Å². The summed E-state index contributed by atoms with van der Waals surface area (Å²) in [5.41, 5.74) is 2.49. The Labute approximate surface area is 190 Å². The van der Waals surface area contributed by atoms with Gasteiger partial charge in [-0.2, -0.15) is 0 Å². The van der Waals surface area contributed by atoms with Crippen molar-refractivity contribution in [1.82, 2.24) is 0 Å². The Morgan fingerprint density at radius 2 is 1.53 bits per heavy atom. The topological polar surface area (TPSA) is 75.3 Å². The first-order valence-electron chi connectivity index (χ1n) is 8.73. The Hall–Kier alpha value is -2.25. The number of halogens is 3. The van der Waals surface area contributed by atoms with E-state index in [9.17, 15) is 13.2 Å². The molecule has 0 bridgehead atoms. The van der Waals surface area contributed by atoms with Gasteiger partial charge in [0.15, 0.2) is 0 Å². The SMILES string of the molecule is Cc1ccc(C)c(NS(=O)(=O)c2cc(C(=O)Nc3cc(Cl)ccc3Cl)ccc2Cl)c1. The number of sulfonamides is 1. The third-order valence-corrected chi connectivity index (χ3v) is 6.71. The van der Waals surface area contributed by atoms with E-state index >= 15 is 0 Å². The molecule has 3 aromatic carbocycles. The second-order valence-corrected chi connectivity index (χ2v) is 9.55. The Bertz CT molecular complexity index is 1240. The lowest BCUT2D eigenvalue weighted by Crippen LogP contribution is -2.17.